The van der Waals surface area contributed by atoms with Crippen molar-refractivity contribution in [2.75, 3.05) is 19.6 Å². The lowest BCUT2D eigenvalue weighted by atomic mass is 10.1. The van der Waals surface area contributed by atoms with Crippen LogP contribution in [0.25, 0.3) is 0 Å². The van der Waals surface area contributed by atoms with Gasteiger partial charge in [-0.15, -0.1) is 0 Å². The summed E-state index contributed by atoms with van der Waals surface area (Å²) in [5, 5.41) is 0. The maximum absolute atomic E-state index is 11.1. The first-order valence-corrected chi connectivity index (χ1v) is 6.53. The van der Waals surface area contributed by atoms with Crippen molar-refractivity contribution < 1.29 is 4.79 Å². The molecule has 0 unspecified atom stereocenters. The summed E-state index contributed by atoms with van der Waals surface area (Å²) in [6.07, 6.45) is 3.85. The van der Waals surface area contributed by atoms with Crippen molar-refractivity contribution in [2.24, 2.45) is 0 Å². The van der Waals surface area contributed by atoms with Gasteiger partial charge in [-0.1, -0.05) is 29.8 Å². The quantitative estimate of drug-likeness (QED) is 0.794. The number of hydrogen-bond donors (Lipinski definition) is 0. The van der Waals surface area contributed by atoms with Gasteiger partial charge >= 0.3 is 0 Å². The highest BCUT2D eigenvalue weighted by atomic mass is 16.1. The van der Waals surface area contributed by atoms with E-state index in [2.05, 4.69) is 36.1 Å². The molecule has 1 aliphatic heterocycles. The van der Waals surface area contributed by atoms with Crippen molar-refractivity contribution in [3.63, 3.8) is 0 Å². The molecule has 0 atom stereocenters. The third-order valence-corrected chi connectivity index (χ3v) is 3.44. The SMILES string of the molecule is Cc1cccc(CCCN2CCC(=O)CC2)c1. The van der Waals surface area contributed by atoms with E-state index in [1.807, 2.05) is 0 Å². The van der Waals surface area contributed by atoms with Gasteiger partial charge in [-0.2, -0.15) is 0 Å². The summed E-state index contributed by atoms with van der Waals surface area (Å²) >= 11 is 0. The Bertz CT molecular complexity index is 376. The first-order valence-electron chi connectivity index (χ1n) is 6.53. The highest BCUT2D eigenvalue weighted by molar-refractivity contribution is 5.79. The fraction of sp³-hybridized carbons (Fsp3) is 0.533. The number of hydrogen-bond acceptors (Lipinski definition) is 2. The monoisotopic (exact) mass is 231 g/mol. The van der Waals surface area contributed by atoms with Crippen LogP contribution in [0.5, 0.6) is 0 Å². The molecule has 0 spiro atoms. The summed E-state index contributed by atoms with van der Waals surface area (Å²) in [5.74, 6) is 0.430. The van der Waals surface area contributed by atoms with Gasteiger partial charge in [0, 0.05) is 25.9 Å². The molecule has 0 saturated carbocycles. The number of carbonyl (C=O) groups excluding carboxylic acids is 1. The highest BCUT2D eigenvalue weighted by Crippen LogP contribution is 2.09. The van der Waals surface area contributed by atoms with Crippen LogP contribution >= 0.6 is 0 Å². The molecular formula is C15H21NO. The largest absolute Gasteiger partial charge is 0.302 e. The Kier molecular flexibility index (Phi) is 4.32. The van der Waals surface area contributed by atoms with Gasteiger partial charge in [0.05, 0.1) is 0 Å². The fourth-order valence-electron chi connectivity index (χ4n) is 2.40. The Morgan fingerprint density at radius 3 is 2.71 bits per heavy atom. The number of Topliss-reactive ketones (excluding diaryl/α,β-unsaturated/α-hetero) is 1. The normalized spacial score (nSPS) is 17.4. The summed E-state index contributed by atoms with van der Waals surface area (Å²) in [7, 11) is 0. The van der Waals surface area contributed by atoms with Gasteiger partial charge < -0.3 is 4.90 Å². The molecule has 1 aromatic rings. The van der Waals surface area contributed by atoms with Crippen LogP contribution in [0.15, 0.2) is 24.3 Å². The van der Waals surface area contributed by atoms with E-state index in [-0.39, 0.29) is 0 Å². The van der Waals surface area contributed by atoms with Crippen LogP contribution < -0.4 is 0 Å². The number of ketones is 1. The van der Waals surface area contributed by atoms with E-state index in [1.165, 1.54) is 17.5 Å². The van der Waals surface area contributed by atoms with Crippen molar-refractivity contribution in [1.29, 1.82) is 0 Å². The molecule has 1 aromatic carbocycles. The van der Waals surface area contributed by atoms with Crippen LogP contribution in [0.4, 0.5) is 0 Å². The molecule has 17 heavy (non-hydrogen) atoms. The van der Waals surface area contributed by atoms with E-state index in [0.29, 0.717) is 5.78 Å². The second-order valence-electron chi connectivity index (χ2n) is 4.97. The van der Waals surface area contributed by atoms with Crippen LogP contribution in [0.2, 0.25) is 0 Å². The van der Waals surface area contributed by atoms with Gasteiger partial charge in [0.15, 0.2) is 0 Å². The molecule has 2 heteroatoms. The van der Waals surface area contributed by atoms with Crippen molar-refractivity contribution in [3.05, 3.63) is 35.4 Å². The summed E-state index contributed by atoms with van der Waals surface area (Å²) < 4.78 is 0. The molecule has 0 radical (unpaired) electrons. The molecule has 2 rings (SSSR count). The lowest BCUT2D eigenvalue weighted by molar-refractivity contribution is -0.121. The first kappa shape index (κ1) is 12.3. The minimum absolute atomic E-state index is 0.430. The van der Waals surface area contributed by atoms with Crippen LogP contribution in [-0.2, 0) is 11.2 Å². The topological polar surface area (TPSA) is 20.3 Å². The summed E-state index contributed by atoms with van der Waals surface area (Å²) in [6, 6.07) is 8.73. The maximum atomic E-state index is 11.1. The second kappa shape index (κ2) is 5.97. The molecule has 1 saturated heterocycles. The van der Waals surface area contributed by atoms with E-state index in [0.717, 1.165) is 38.9 Å². The van der Waals surface area contributed by atoms with E-state index >= 15 is 0 Å². The number of carbonyl (C=O) groups is 1. The molecule has 1 fully saturated rings. The van der Waals surface area contributed by atoms with E-state index in [4.69, 9.17) is 0 Å². The van der Waals surface area contributed by atoms with Crippen molar-refractivity contribution in [3.8, 4) is 0 Å². The lowest BCUT2D eigenvalue weighted by Crippen LogP contribution is -2.34. The number of aryl methyl sites for hydroxylation is 2. The average molecular weight is 231 g/mol. The van der Waals surface area contributed by atoms with Crippen molar-refractivity contribution in [2.45, 2.75) is 32.6 Å². The molecule has 92 valence electrons. The zero-order chi connectivity index (χ0) is 12.1. The molecule has 1 heterocycles. The van der Waals surface area contributed by atoms with Gasteiger partial charge in [0.25, 0.3) is 0 Å². The van der Waals surface area contributed by atoms with Crippen LogP contribution in [0.1, 0.15) is 30.4 Å². The minimum atomic E-state index is 0.430. The van der Waals surface area contributed by atoms with Gasteiger partial charge in [-0.3, -0.25) is 4.79 Å². The molecule has 0 aliphatic carbocycles. The predicted octanol–water partition coefficient (Wildman–Crippen LogP) is 2.59. The van der Waals surface area contributed by atoms with Gasteiger partial charge in [-0.25, -0.2) is 0 Å². The van der Waals surface area contributed by atoms with Crippen molar-refractivity contribution >= 4 is 5.78 Å². The number of rotatable bonds is 4. The summed E-state index contributed by atoms with van der Waals surface area (Å²) in [5.41, 5.74) is 2.77. The standard InChI is InChI=1S/C15H21NO/c1-13-4-2-5-14(12-13)6-3-9-16-10-7-15(17)8-11-16/h2,4-5,12H,3,6-11H2,1H3. The lowest BCUT2D eigenvalue weighted by Gasteiger charge is -2.25. The third-order valence-electron chi connectivity index (χ3n) is 3.44. The highest BCUT2D eigenvalue weighted by Gasteiger charge is 2.14. The number of benzene rings is 1. The van der Waals surface area contributed by atoms with Gasteiger partial charge in [0.2, 0.25) is 0 Å². The van der Waals surface area contributed by atoms with Crippen molar-refractivity contribution in [1.82, 2.24) is 4.90 Å². The molecule has 2 nitrogen and oxygen atoms in total. The van der Waals surface area contributed by atoms with E-state index in [1.54, 1.807) is 0 Å². The molecule has 1 aliphatic rings. The first-order chi connectivity index (χ1) is 8.24. The molecule has 0 N–H and O–H groups in total. The average Bonchev–Trinajstić information content (AvgIpc) is 2.32. The molecule has 0 bridgehead atoms. The van der Waals surface area contributed by atoms with Crippen LogP contribution in [0, 0.1) is 6.92 Å². The smallest absolute Gasteiger partial charge is 0.135 e. The Balaban J connectivity index is 1.71. The minimum Gasteiger partial charge on any atom is -0.302 e. The zero-order valence-corrected chi connectivity index (χ0v) is 10.6. The van der Waals surface area contributed by atoms with Crippen LogP contribution in [0.3, 0.4) is 0 Å². The number of nitrogens with zero attached hydrogens (tertiary/aromatic N) is 1. The summed E-state index contributed by atoms with van der Waals surface area (Å²) in [4.78, 5) is 13.5. The zero-order valence-electron chi connectivity index (χ0n) is 10.6. The van der Waals surface area contributed by atoms with E-state index < -0.39 is 0 Å². The Hall–Kier alpha value is -1.15. The molecular weight excluding hydrogens is 210 g/mol. The van der Waals surface area contributed by atoms with Crippen LogP contribution in [-0.4, -0.2) is 30.3 Å². The Labute approximate surface area is 104 Å². The Morgan fingerprint density at radius 1 is 1.24 bits per heavy atom. The fourth-order valence-corrected chi connectivity index (χ4v) is 2.40. The van der Waals surface area contributed by atoms with E-state index in [9.17, 15) is 4.79 Å². The van der Waals surface area contributed by atoms with Gasteiger partial charge in [-0.05, 0) is 31.9 Å². The predicted molar refractivity (Wildman–Crippen MR) is 70.2 cm³/mol. The maximum Gasteiger partial charge on any atom is 0.135 e. The molecule has 0 amide bonds. The molecule has 0 aromatic heterocycles. The third kappa shape index (κ3) is 3.97. The second-order valence-corrected chi connectivity index (χ2v) is 4.97. The number of piperidine rings is 1. The Morgan fingerprint density at radius 2 is 2.00 bits per heavy atom. The summed E-state index contributed by atoms with van der Waals surface area (Å²) in [6.45, 7) is 5.19. The van der Waals surface area contributed by atoms with Gasteiger partial charge in [0.1, 0.15) is 5.78 Å². The number of likely N-dealkylation sites (tertiary alicyclic amines) is 1.